The molecule has 7 nitrogen and oxygen atoms in total. The van der Waals surface area contributed by atoms with E-state index in [2.05, 4.69) is 32.6 Å². The van der Waals surface area contributed by atoms with Crippen LogP contribution >= 0.6 is 0 Å². The highest BCUT2D eigenvalue weighted by atomic mass is 16.5. The van der Waals surface area contributed by atoms with Crippen LogP contribution in [-0.2, 0) is 4.79 Å². The van der Waals surface area contributed by atoms with Crippen molar-refractivity contribution in [2.45, 2.75) is 46.6 Å². The number of hydrogen-bond acceptors (Lipinski definition) is 6. The van der Waals surface area contributed by atoms with Gasteiger partial charge >= 0.3 is 0 Å². The second-order valence-electron chi connectivity index (χ2n) is 8.95. The molecular formula is C27H36N2O5. The Labute approximate surface area is 202 Å². The van der Waals surface area contributed by atoms with Gasteiger partial charge in [0.05, 0.1) is 24.5 Å². The molecule has 0 radical (unpaired) electrons. The Morgan fingerprint density at radius 2 is 1.97 bits per heavy atom. The lowest BCUT2D eigenvalue weighted by Crippen LogP contribution is -2.34. The zero-order valence-corrected chi connectivity index (χ0v) is 20.6. The molecule has 1 N–H and O–H groups in total. The largest absolute Gasteiger partial charge is 0.503 e. The van der Waals surface area contributed by atoms with Crippen molar-refractivity contribution in [1.29, 1.82) is 0 Å². The average molecular weight is 469 g/mol. The van der Waals surface area contributed by atoms with Gasteiger partial charge in [0.2, 0.25) is 5.78 Å². The molecule has 0 aliphatic carbocycles. The van der Waals surface area contributed by atoms with E-state index in [0.717, 1.165) is 38.0 Å². The van der Waals surface area contributed by atoms with Gasteiger partial charge < -0.3 is 24.1 Å². The van der Waals surface area contributed by atoms with E-state index in [1.165, 1.54) is 6.26 Å². The number of ketones is 1. The third-order valence-corrected chi connectivity index (χ3v) is 6.20. The van der Waals surface area contributed by atoms with Crippen molar-refractivity contribution in [3.63, 3.8) is 0 Å². The van der Waals surface area contributed by atoms with Crippen LogP contribution in [0.15, 0.2) is 58.4 Å². The number of benzene rings is 1. The lowest BCUT2D eigenvalue weighted by molar-refractivity contribution is -0.129. The highest BCUT2D eigenvalue weighted by Crippen LogP contribution is 2.40. The Kier molecular flexibility index (Phi) is 8.93. The number of hydrogen-bond donors (Lipinski definition) is 1. The predicted molar refractivity (Wildman–Crippen MR) is 131 cm³/mol. The molecule has 1 aromatic heterocycles. The lowest BCUT2D eigenvalue weighted by atomic mass is 9.95. The first kappa shape index (κ1) is 25.6. The molecule has 2 aromatic rings. The van der Waals surface area contributed by atoms with Crippen LogP contribution in [-0.4, -0.2) is 59.4 Å². The Morgan fingerprint density at radius 3 is 2.62 bits per heavy atom. The normalized spacial score (nSPS) is 16.2. The molecule has 7 heteroatoms. The Morgan fingerprint density at radius 1 is 1.21 bits per heavy atom. The maximum Gasteiger partial charge on any atom is 0.290 e. The van der Waals surface area contributed by atoms with E-state index >= 15 is 0 Å². The Balaban J connectivity index is 1.91. The van der Waals surface area contributed by atoms with Gasteiger partial charge in [-0.1, -0.05) is 39.8 Å². The zero-order chi connectivity index (χ0) is 24.7. The standard InChI is InChI=1S/C27H36N2O5/c1-5-28(6-2)14-9-15-29-24(20-10-7-11-21(18-20)33-17-13-19(3)4)23(26(31)27(29)32)25(30)22-12-8-16-34-22/h7-8,10-12,16,18-19,24,31H,5-6,9,13-15,17H2,1-4H3. The number of ether oxygens (including phenoxy) is 1. The summed E-state index contributed by atoms with van der Waals surface area (Å²) in [7, 11) is 0. The van der Waals surface area contributed by atoms with Gasteiger partial charge in [-0.05, 0) is 68.2 Å². The molecule has 1 aromatic carbocycles. The number of Topliss-reactive ketones (excluding diaryl/α,β-unsaturated/α-hetero) is 1. The molecule has 0 fully saturated rings. The molecule has 0 saturated carbocycles. The number of nitrogens with zero attached hydrogens (tertiary/aromatic N) is 2. The minimum absolute atomic E-state index is 0.0436. The van der Waals surface area contributed by atoms with Gasteiger partial charge in [0.15, 0.2) is 11.5 Å². The number of amides is 1. The summed E-state index contributed by atoms with van der Waals surface area (Å²) in [5.74, 6) is -0.253. The Hall–Kier alpha value is -3.06. The highest BCUT2D eigenvalue weighted by Gasteiger charge is 2.44. The van der Waals surface area contributed by atoms with Crippen LogP contribution in [0.3, 0.4) is 0 Å². The first-order chi connectivity index (χ1) is 16.4. The van der Waals surface area contributed by atoms with Gasteiger partial charge in [0.1, 0.15) is 5.75 Å². The molecule has 0 spiro atoms. The zero-order valence-electron chi connectivity index (χ0n) is 20.6. The van der Waals surface area contributed by atoms with E-state index in [1.54, 1.807) is 17.0 Å². The second kappa shape index (κ2) is 11.9. The van der Waals surface area contributed by atoms with E-state index in [-0.39, 0.29) is 11.3 Å². The number of carbonyl (C=O) groups is 2. The summed E-state index contributed by atoms with van der Waals surface area (Å²) in [6.07, 6.45) is 3.05. The third kappa shape index (κ3) is 5.89. The monoisotopic (exact) mass is 468 g/mol. The predicted octanol–water partition coefficient (Wildman–Crippen LogP) is 5.01. The number of aliphatic hydroxyl groups excluding tert-OH is 1. The first-order valence-corrected chi connectivity index (χ1v) is 12.1. The fourth-order valence-electron chi connectivity index (χ4n) is 4.19. The van der Waals surface area contributed by atoms with Crippen molar-refractivity contribution in [2.24, 2.45) is 5.92 Å². The topological polar surface area (TPSA) is 83.2 Å². The number of rotatable bonds is 13. The van der Waals surface area contributed by atoms with Gasteiger partial charge in [-0.3, -0.25) is 9.59 Å². The lowest BCUT2D eigenvalue weighted by Gasteiger charge is -2.28. The van der Waals surface area contributed by atoms with Crippen molar-refractivity contribution in [2.75, 3.05) is 32.8 Å². The van der Waals surface area contributed by atoms with Crippen LogP contribution in [0.25, 0.3) is 0 Å². The molecule has 184 valence electrons. The van der Waals surface area contributed by atoms with Crippen LogP contribution in [0.1, 0.15) is 62.7 Å². The maximum absolute atomic E-state index is 13.3. The molecular weight excluding hydrogens is 432 g/mol. The van der Waals surface area contributed by atoms with Crippen molar-refractivity contribution in [1.82, 2.24) is 9.80 Å². The summed E-state index contributed by atoms with van der Waals surface area (Å²) in [5, 5.41) is 10.8. The Bertz CT molecular complexity index is 992. The highest BCUT2D eigenvalue weighted by molar-refractivity contribution is 6.15. The molecule has 0 bridgehead atoms. The van der Waals surface area contributed by atoms with Gasteiger partial charge in [0, 0.05) is 6.54 Å². The second-order valence-corrected chi connectivity index (χ2v) is 8.95. The summed E-state index contributed by atoms with van der Waals surface area (Å²) in [5.41, 5.74) is 0.763. The number of aliphatic hydroxyl groups is 1. The van der Waals surface area contributed by atoms with Crippen LogP contribution < -0.4 is 4.74 Å². The minimum atomic E-state index is -0.713. The fourth-order valence-corrected chi connectivity index (χ4v) is 4.19. The van der Waals surface area contributed by atoms with Crippen molar-refractivity contribution < 1.29 is 23.8 Å². The van der Waals surface area contributed by atoms with Crippen molar-refractivity contribution in [3.8, 4) is 5.75 Å². The maximum atomic E-state index is 13.3. The third-order valence-electron chi connectivity index (χ3n) is 6.20. The van der Waals surface area contributed by atoms with Crippen LogP contribution in [0.4, 0.5) is 0 Å². The van der Waals surface area contributed by atoms with Gasteiger partial charge in [-0.15, -0.1) is 0 Å². The average Bonchev–Trinajstić information content (AvgIpc) is 3.44. The smallest absolute Gasteiger partial charge is 0.290 e. The first-order valence-electron chi connectivity index (χ1n) is 12.1. The number of furan rings is 1. The summed E-state index contributed by atoms with van der Waals surface area (Å²) in [6.45, 7) is 12.2. The van der Waals surface area contributed by atoms with Crippen LogP contribution in [0.2, 0.25) is 0 Å². The molecule has 1 aliphatic heterocycles. The quantitative estimate of drug-likeness (QED) is 0.416. The molecule has 1 atom stereocenters. The summed E-state index contributed by atoms with van der Waals surface area (Å²) in [6, 6.07) is 9.87. The van der Waals surface area contributed by atoms with E-state index < -0.39 is 23.5 Å². The van der Waals surface area contributed by atoms with Gasteiger partial charge in [0.25, 0.3) is 5.91 Å². The molecule has 2 heterocycles. The van der Waals surface area contributed by atoms with Crippen LogP contribution in [0, 0.1) is 5.92 Å². The molecule has 0 saturated heterocycles. The van der Waals surface area contributed by atoms with Crippen molar-refractivity contribution >= 4 is 11.7 Å². The SMILES string of the molecule is CCN(CC)CCCN1C(=O)C(O)=C(C(=O)c2ccco2)C1c1cccc(OCCC(C)C)c1. The van der Waals surface area contributed by atoms with Crippen molar-refractivity contribution in [3.05, 3.63) is 65.3 Å². The molecule has 34 heavy (non-hydrogen) atoms. The molecule has 1 unspecified atom stereocenters. The molecule has 3 rings (SSSR count). The van der Waals surface area contributed by atoms with E-state index in [1.807, 2.05) is 24.3 Å². The number of carbonyl (C=O) groups excluding carboxylic acids is 2. The molecule has 1 aliphatic rings. The van der Waals surface area contributed by atoms with Gasteiger partial charge in [-0.25, -0.2) is 0 Å². The fraction of sp³-hybridized carbons (Fsp3) is 0.481. The summed E-state index contributed by atoms with van der Waals surface area (Å²) >= 11 is 0. The minimum Gasteiger partial charge on any atom is -0.503 e. The summed E-state index contributed by atoms with van der Waals surface area (Å²) in [4.78, 5) is 30.2. The van der Waals surface area contributed by atoms with E-state index in [4.69, 9.17) is 9.15 Å². The van der Waals surface area contributed by atoms with E-state index in [0.29, 0.717) is 24.8 Å². The summed E-state index contributed by atoms with van der Waals surface area (Å²) < 4.78 is 11.2. The van der Waals surface area contributed by atoms with Gasteiger partial charge in [-0.2, -0.15) is 0 Å². The molecule has 1 amide bonds. The van der Waals surface area contributed by atoms with E-state index in [9.17, 15) is 14.7 Å². The van der Waals surface area contributed by atoms with Crippen LogP contribution in [0.5, 0.6) is 5.75 Å².